The lowest BCUT2D eigenvalue weighted by Gasteiger charge is -2.36. The van der Waals surface area contributed by atoms with E-state index in [9.17, 15) is 0 Å². The zero-order chi connectivity index (χ0) is 32.1. The minimum absolute atomic E-state index is 0.580. The Morgan fingerprint density at radius 3 is 1.57 bits per heavy atom. The van der Waals surface area contributed by atoms with Gasteiger partial charge < -0.3 is 4.90 Å². The fraction of sp³-hybridized carbons (Fsp3) is 0.244. The molecule has 5 nitrogen and oxygen atoms in total. The van der Waals surface area contributed by atoms with E-state index < -0.39 is 5.54 Å². The molecule has 1 aromatic heterocycles. The van der Waals surface area contributed by atoms with E-state index in [1.165, 1.54) is 11.3 Å². The van der Waals surface area contributed by atoms with E-state index in [4.69, 9.17) is 10.3 Å². The van der Waals surface area contributed by atoms with Crippen LogP contribution in [0.25, 0.3) is 22.5 Å². The van der Waals surface area contributed by atoms with E-state index in [1.807, 2.05) is 4.68 Å². The molecule has 5 heteroatoms. The molecule has 0 atom stereocenters. The fourth-order valence-corrected chi connectivity index (χ4v) is 6.75. The number of aromatic nitrogens is 4. The van der Waals surface area contributed by atoms with Gasteiger partial charge in [0.25, 0.3) is 0 Å². The maximum absolute atomic E-state index is 4.79. The van der Waals surface area contributed by atoms with Crippen molar-refractivity contribution in [3.63, 3.8) is 0 Å². The van der Waals surface area contributed by atoms with Crippen molar-refractivity contribution in [3.8, 4) is 22.5 Å². The molecular formula is C41H43N5. The second-order valence-electron chi connectivity index (χ2n) is 13.0. The highest BCUT2D eigenvalue weighted by molar-refractivity contribution is 5.82. The van der Waals surface area contributed by atoms with E-state index in [-0.39, 0.29) is 0 Å². The molecule has 6 rings (SSSR count). The first-order valence-electron chi connectivity index (χ1n) is 16.3. The molecule has 0 unspecified atom stereocenters. The van der Waals surface area contributed by atoms with Gasteiger partial charge in [0.05, 0.1) is 0 Å². The summed E-state index contributed by atoms with van der Waals surface area (Å²) in [4.78, 5) is 2.54. The predicted octanol–water partition coefficient (Wildman–Crippen LogP) is 9.27. The Kier molecular flexibility index (Phi) is 9.11. The molecule has 0 bridgehead atoms. The first-order valence-corrected chi connectivity index (χ1v) is 16.3. The van der Waals surface area contributed by atoms with Gasteiger partial charge in [-0.15, -0.1) is 5.10 Å². The van der Waals surface area contributed by atoms with Crippen molar-refractivity contribution in [2.24, 2.45) is 11.8 Å². The highest BCUT2D eigenvalue weighted by atomic mass is 15.6. The van der Waals surface area contributed by atoms with Crippen LogP contribution in [-0.4, -0.2) is 33.3 Å². The van der Waals surface area contributed by atoms with Gasteiger partial charge in [-0.2, -0.15) is 0 Å². The van der Waals surface area contributed by atoms with Crippen molar-refractivity contribution in [3.05, 3.63) is 156 Å². The zero-order valence-corrected chi connectivity index (χ0v) is 27.5. The Balaban J connectivity index is 1.55. The van der Waals surface area contributed by atoms with Gasteiger partial charge in [0.1, 0.15) is 5.54 Å². The Labute approximate surface area is 273 Å². The molecule has 0 amide bonds. The normalized spacial score (nSPS) is 11.7. The standard InChI is InChI=1S/C41H43N5/c1-30(2)28-45(29-31(3)4)39-26-25-33(27-32(39)5)37-23-15-16-24-38(37)40-42-43-44-46(40)41(34-17-9-6-10-18-34,35-19-11-7-12-20-35)36-21-13-8-14-22-36/h6-27,30-31H,28-29H2,1-5H3. The largest absolute Gasteiger partial charge is 0.371 e. The van der Waals surface area contributed by atoms with Gasteiger partial charge in [-0.25, -0.2) is 4.68 Å². The molecule has 0 aliphatic heterocycles. The summed E-state index contributed by atoms with van der Waals surface area (Å²) in [5.74, 6) is 1.86. The Hall–Kier alpha value is -5.03. The summed E-state index contributed by atoms with van der Waals surface area (Å²) < 4.78 is 2.01. The van der Waals surface area contributed by atoms with Crippen LogP contribution in [0, 0.1) is 18.8 Å². The minimum Gasteiger partial charge on any atom is -0.371 e. The predicted molar refractivity (Wildman–Crippen MR) is 190 cm³/mol. The Bertz CT molecular complexity index is 1750. The molecule has 5 aromatic carbocycles. The van der Waals surface area contributed by atoms with Crippen molar-refractivity contribution >= 4 is 5.69 Å². The van der Waals surface area contributed by atoms with Gasteiger partial charge in [0, 0.05) is 24.3 Å². The monoisotopic (exact) mass is 605 g/mol. The van der Waals surface area contributed by atoms with Crippen LogP contribution in [0.5, 0.6) is 0 Å². The maximum Gasteiger partial charge on any atom is 0.184 e. The molecule has 46 heavy (non-hydrogen) atoms. The number of hydrogen-bond donors (Lipinski definition) is 0. The molecule has 0 aliphatic rings. The van der Waals surface area contributed by atoms with Crippen molar-refractivity contribution in [2.75, 3.05) is 18.0 Å². The van der Waals surface area contributed by atoms with Crippen molar-refractivity contribution < 1.29 is 0 Å². The number of benzene rings is 5. The lowest BCUT2D eigenvalue weighted by atomic mass is 9.77. The summed E-state index contributed by atoms with van der Waals surface area (Å²) in [6.07, 6.45) is 0. The third kappa shape index (κ3) is 5.97. The van der Waals surface area contributed by atoms with Crippen molar-refractivity contribution in [1.82, 2.24) is 20.2 Å². The fourth-order valence-electron chi connectivity index (χ4n) is 6.75. The van der Waals surface area contributed by atoms with Gasteiger partial charge in [0.15, 0.2) is 5.82 Å². The lowest BCUT2D eigenvalue weighted by Crippen LogP contribution is -2.39. The molecule has 0 radical (unpaired) electrons. The average Bonchev–Trinajstić information content (AvgIpc) is 3.56. The number of rotatable bonds is 11. The van der Waals surface area contributed by atoms with Crippen LogP contribution in [0.2, 0.25) is 0 Å². The molecule has 0 aliphatic carbocycles. The van der Waals surface area contributed by atoms with Crippen LogP contribution in [0.4, 0.5) is 5.69 Å². The lowest BCUT2D eigenvalue weighted by molar-refractivity contribution is 0.451. The van der Waals surface area contributed by atoms with E-state index in [0.717, 1.165) is 46.5 Å². The van der Waals surface area contributed by atoms with Gasteiger partial charge in [-0.3, -0.25) is 0 Å². The summed E-state index contributed by atoms with van der Waals surface area (Å²) in [5.41, 5.74) is 8.19. The van der Waals surface area contributed by atoms with Crippen LogP contribution in [0.3, 0.4) is 0 Å². The average molecular weight is 606 g/mol. The maximum atomic E-state index is 4.79. The highest BCUT2D eigenvalue weighted by Crippen LogP contribution is 2.43. The molecular weight excluding hydrogens is 562 g/mol. The Morgan fingerprint density at radius 1 is 0.609 bits per heavy atom. The summed E-state index contributed by atoms with van der Waals surface area (Å²) in [7, 11) is 0. The number of aryl methyl sites for hydroxylation is 1. The number of nitrogens with zero attached hydrogens (tertiary/aromatic N) is 5. The van der Waals surface area contributed by atoms with E-state index >= 15 is 0 Å². The number of tetrazole rings is 1. The number of hydrogen-bond acceptors (Lipinski definition) is 4. The smallest absolute Gasteiger partial charge is 0.184 e. The second kappa shape index (κ2) is 13.5. The van der Waals surface area contributed by atoms with Crippen molar-refractivity contribution in [1.29, 1.82) is 0 Å². The van der Waals surface area contributed by atoms with Gasteiger partial charge >= 0.3 is 0 Å². The zero-order valence-electron chi connectivity index (χ0n) is 27.5. The quantitative estimate of drug-likeness (QED) is 0.138. The van der Waals surface area contributed by atoms with Gasteiger partial charge in [-0.1, -0.05) is 149 Å². The summed E-state index contributed by atoms with van der Waals surface area (Å²) in [5, 5.41) is 13.9. The molecule has 0 saturated carbocycles. The molecule has 0 N–H and O–H groups in total. The van der Waals surface area contributed by atoms with Crippen LogP contribution >= 0.6 is 0 Å². The Morgan fingerprint density at radius 2 is 1.09 bits per heavy atom. The van der Waals surface area contributed by atoms with E-state index in [1.54, 1.807) is 0 Å². The molecule has 0 saturated heterocycles. The first-order chi connectivity index (χ1) is 22.4. The SMILES string of the molecule is Cc1cc(-c2ccccc2-c2nnnn2C(c2ccccc2)(c2ccccc2)c2ccccc2)ccc1N(CC(C)C)CC(C)C. The third-order valence-electron chi connectivity index (χ3n) is 8.55. The molecule has 1 heterocycles. The van der Waals surface area contributed by atoms with E-state index in [2.05, 4.69) is 178 Å². The molecule has 6 aromatic rings. The van der Waals surface area contributed by atoms with Crippen LogP contribution in [0.15, 0.2) is 133 Å². The van der Waals surface area contributed by atoms with Crippen LogP contribution < -0.4 is 4.90 Å². The van der Waals surface area contributed by atoms with Crippen molar-refractivity contribution in [2.45, 2.75) is 40.2 Å². The van der Waals surface area contributed by atoms with Crippen LogP contribution in [-0.2, 0) is 5.54 Å². The van der Waals surface area contributed by atoms with Gasteiger partial charge in [-0.05, 0) is 74.7 Å². The summed E-state index contributed by atoms with van der Waals surface area (Å²) in [6, 6.07) is 47.0. The van der Waals surface area contributed by atoms with E-state index in [0.29, 0.717) is 17.7 Å². The molecule has 0 spiro atoms. The molecule has 232 valence electrons. The summed E-state index contributed by atoms with van der Waals surface area (Å²) >= 11 is 0. The highest BCUT2D eigenvalue weighted by Gasteiger charge is 2.42. The third-order valence-corrected chi connectivity index (χ3v) is 8.55. The summed E-state index contributed by atoms with van der Waals surface area (Å²) in [6.45, 7) is 13.4. The molecule has 0 fully saturated rings. The van der Waals surface area contributed by atoms with Crippen LogP contribution in [0.1, 0.15) is 49.9 Å². The van der Waals surface area contributed by atoms with Gasteiger partial charge in [0.2, 0.25) is 0 Å². The minimum atomic E-state index is -0.816. The topological polar surface area (TPSA) is 46.8 Å². The second-order valence-corrected chi connectivity index (χ2v) is 13.0. The number of anilines is 1. The first kappa shape index (κ1) is 31.0.